The summed E-state index contributed by atoms with van der Waals surface area (Å²) in [4.78, 5) is 10.7. The first kappa shape index (κ1) is 12.2. The Morgan fingerprint density at radius 2 is 2.27 bits per heavy atom. The van der Waals surface area contributed by atoms with E-state index < -0.39 is 12.0 Å². The van der Waals surface area contributed by atoms with Gasteiger partial charge in [0.1, 0.15) is 6.10 Å². The maximum absolute atomic E-state index is 10.7. The summed E-state index contributed by atoms with van der Waals surface area (Å²) < 4.78 is 0.966. The number of nitrogens with two attached hydrogens (primary N) is 1. The number of hydrogen-bond acceptors (Lipinski definition) is 2. The Bertz CT molecular complexity index is 354. The average Bonchev–Trinajstić information content (AvgIpc) is 2.17. The van der Waals surface area contributed by atoms with Gasteiger partial charge in [0.25, 0.3) is 0 Å². The van der Waals surface area contributed by atoms with Crippen LogP contribution in [0.5, 0.6) is 0 Å². The largest absolute Gasteiger partial charge is 0.383 e. The lowest BCUT2D eigenvalue weighted by atomic mass is 9.95. The minimum Gasteiger partial charge on any atom is -0.383 e. The van der Waals surface area contributed by atoms with Crippen LogP contribution in [0.25, 0.3) is 0 Å². The van der Waals surface area contributed by atoms with Gasteiger partial charge in [-0.05, 0) is 24.1 Å². The van der Waals surface area contributed by atoms with Crippen molar-refractivity contribution in [2.75, 3.05) is 0 Å². The average molecular weight is 271 g/mol. The van der Waals surface area contributed by atoms with Gasteiger partial charge < -0.3 is 10.8 Å². The SMILES string of the molecule is C[C](C[C@H](O)C(N)=O)c1cccc(Br)c1. The van der Waals surface area contributed by atoms with Gasteiger partial charge in [-0.15, -0.1) is 0 Å². The maximum Gasteiger partial charge on any atom is 0.246 e. The molecule has 0 saturated carbocycles. The molecule has 0 spiro atoms. The van der Waals surface area contributed by atoms with Gasteiger partial charge >= 0.3 is 0 Å². The Morgan fingerprint density at radius 3 is 2.80 bits per heavy atom. The summed E-state index contributed by atoms with van der Waals surface area (Å²) in [5.41, 5.74) is 5.97. The van der Waals surface area contributed by atoms with Crippen LogP contribution in [-0.4, -0.2) is 17.1 Å². The number of aliphatic hydroxyl groups is 1. The van der Waals surface area contributed by atoms with Gasteiger partial charge in [-0.3, -0.25) is 4.79 Å². The first-order chi connectivity index (χ1) is 7.00. The van der Waals surface area contributed by atoms with Crippen LogP contribution < -0.4 is 5.73 Å². The molecule has 1 aromatic carbocycles. The zero-order chi connectivity index (χ0) is 11.4. The highest BCUT2D eigenvalue weighted by atomic mass is 79.9. The van der Waals surface area contributed by atoms with Crippen molar-refractivity contribution in [3.05, 3.63) is 40.2 Å². The number of amides is 1. The van der Waals surface area contributed by atoms with E-state index in [0.717, 1.165) is 16.0 Å². The lowest BCUT2D eigenvalue weighted by molar-refractivity contribution is -0.126. The molecule has 1 radical (unpaired) electrons. The van der Waals surface area contributed by atoms with Crippen LogP contribution in [0.2, 0.25) is 0 Å². The van der Waals surface area contributed by atoms with Crippen LogP contribution in [0.4, 0.5) is 0 Å². The number of benzene rings is 1. The minimum absolute atomic E-state index is 0.270. The van der Waals surface area contributed by atoms with Crippen molar-refractivity contribution in [3.63, 3.8) is 0 Å². The zero-order valence-corrected chi connectivity index (χ0v) is 9.99. The number of primary amides is 1. The molecule has 3 nitrogen and oxygen atoms in total. The van der Waals surface area contributed by atoms with Crippen LogP contribution in [-0.2, 0) is 4.79 Å². The van der Waals surface area contributed by atoms with Gasteiger partial charge in [-0.25, -0.2) is 0 Å². The molecule has 1 rings (SSSR count). The standard InChI is InChI=1S/C11H13BrNO2/c1-7(5-10(14)11(13)15)8-3-2-4-9(12)6-8/h2-4,6,10,14H,5H2,1H3,(H2,13,15)/t10-/m0/s1. The third-order valence-electron chi connectivity index (χ3n) is 2.15. The van der Waals surface area contributed by atoms with E-state index in [2.05, 4.69) is 15.9 Å². The Kier molecular flexibility index (Phi) is 4.29. The number of hydrogen-bond donors (Lipinski definition) is 2. The molecule has 0 aliphatic heterocycles. The Morgan fingerprint density at radius 1 is 1.60 bits per heavy atom. The monoisotopic (exact) mass is 270 g/mol. The van der Waals surface area contributed by atoms with E-state index in [1.165, 1.54) is 0 Å². The fourth-order valence-electron chi connectivity index (χ4n) is 1.26. The van der Waals surface area contributed by atoms with Gasteiger partial charge in [0.15, 0.2) is 0 Å². The van der Waals surface area contributed by atoms with E-state index in [1.807, 2.05) is 31.2 Å². The first-order valence-corrected chi connectivity index (χ1v) is 5.35. The predicted molar refractivity (Wildman–Crippen MR) is 62.0 cm³/mol. The number of carbonyl (C=O) groups excluding carboxylic acids is 1. The zero-order valence-electron chi connectivity index (χ0n) is 8.40. The summed E-state index contributed by atoms with van der Waals surface area (Å²) in [5, 5.41) is 9.32. The number of rotatable bonds is 4. The van der Waals surface area contributed by atoms with Gasteiger partial charge in [-0.2, -0.15) is 0 Å². The van der Waals surface area contributed by atoms with Crippen LogP contribution in [0.15, 0.2) is 28.7 Å². The van der Waals surface area contributed by atoms with E-state index in [4.69, 9.17) is 5.73 Å². The second kappa shape index (κ2) is 5.28. The van der Waals surface area contributed by atoms with E-state index in [9.17, 15) is 9.90 Å². The van der Waals surface area contributed by atoms with Crippen LogP contribution in [0.3, 0.4) is 0 Å². The lowest BCUT2D eigenvalue weighted by Gasteiger charge is -2.14. The molecule has 0 unspecified atom stereocenters. The summed E-state index contributed by atoms with van der Waals surface area (Å²) in [6, 6.07) is 7.68. The molecule has 0 bridgehead atoms. The molecule has 15 heavy (non-hydrogen) atoms. The van der Waals surface area contributed by atoms with Gasteiger partial charge in [0.05, 0.1) is 0 Å². The maximum atomic E-state index is 10.7. The molecule has 0 aliphatic rings. The van der Waals surface area contributed by atoms with E-state index >= 15 is 0 Å². The van der Waals surface area contributed by atoms with Gasteiger partial charge in [0.2, 0.25) is 5.91 Å². The molecule has 0 aliphatic carbocycles. The number of carbonyl (C=O) groups is 1. The third-order valence-corrected chi connectivity index (χ3v) is 2.64. The van der Waals surface area contributed by atoms with Crippen LogP contribution in [0.1, 0.15) is 18.9 Å². The minimum atomic E-state index is -1.11. The summed E-state index contributed by atoms with van der Waals surface area (Å²) in [6.07, 6.45) is -0.838. The summed E-state index contributed by atoms with van der Waals surface area (Å²) >= 11 is 3.36. The molecule has 3 N–H and O–H groups in total. The third kappa shape index (κ3) is 3.64. The fraction of sp³-hybridized carbons (Fsp3) is 0.273. The van der Waals surface area contributed by atoms with E-state index in [0.29, 0.717) is 0 Å². The van der Waals surface area contributed by atoms with Gasteiger partial charge in [0, 0.05) is 10.4 Å². The highest BCUT2D eigenvalue weighted by Crippen LogP contribution is 2.22. The first-order valence-electron chi connectivity index (χ1n) is 4.56. The number of halogens is 1. The van der Waals surface area contributed by atoms with E-state index in [1.54, 1.807) is 0 Å². The summed E-state index contributed by atoms with van der Waals surface area (Å²) in [7, 11) is 0. The van der Waals surface area contributed by atoms with Crippen molar-refractivity contribution < 1.29 is 9.90 Å². The molecular formula is C11H13BrNO2. The lowest BCUT2D eigenvalue weighted by Crippen LogP contribution is -2.29. The smallest absolute Gasteiger partial charge is 0.246 e. The highest BCUT2D eigenvalue weighted by Gasteiger charge is 2.16. The quantitative estimate of drug-likeness (QED) is 0.874. The molecular weight excluding hydrogens is 258 g/mol. The van der Waals surface area contributed by atoms with Crippen molar-refractivity contribution in [3.8, 4) is 0 Å². The van der Waals surface area contributed by atoms with Crippen molar-refractivity contribution in [1.82, 2.24) is 0 Å². The fourth-order valence-corrected chi connectivity index (χ4v) is 1.66. The molecule has 4 heteroatoms. The number of aliphatic hydroxyl groups excluding tert-OH is 1. The van der Waals surface area contributed by atoms with Crippen molar-refractivity contribution in [1.29, 1.82) is 0 Å². The highest BCUT2D eigenvalue weighted by molar-refractivity contribution is 9.10. The normalized spacial score (nSPS) is 12.8. The van der Waals surface area contributed by atoms with Crippen LogP contribution in [0, 0.1) is 5.92 Å². The van der Waals surface area contributed by atoms with Crippen molar-refractivity contribution >= 4 is 21.8 Å². The second-order valence-electron chi connectivity index (χ2n) is 3.41. The molecule has 1 aromatic rings. The van der Waals surface area contributed by atoms with Gasteiger partial charge in [-0.1, -0.05) is 35.0 Å². The van der Waals surface area contributed by atoms with Crippen molar-refractivity contribution in [2.24, 2.45) is 5.73 Å². The van der Waals surface area contributed by atoms with E-state index in [-0.39, 0.29) is 6.42 Å². The molecule has 1 atom stereocenters. The Labute approximate surface area is 97.4 Å². The molecule has 0 aromatic heterocycles. The molecule has 0 fully saturated rings. The summed E-state index contributed by atoms with van der Waals surface area (Å²) in [6.45, 7) is 1.87. The summed E-state index contributed by atoms with van der Waals surface area (Å²) in [5.74, 6) is 0.243. The molecule has 81 valence electrons. The second-order valence-corrected chi connectivity index (χ2v) is 4.33. The Hall–Kier alpha value is -0.870. The molecule has 0 heterocycles. The van der Waals surface area contributed by atoms with Crippen molar-refractivity contribution in [2.45, 2.75) is 19.4 Å². The Balaban J connectivity index is 2.68. The predicted octanol–water partition coefficient (Wildman–Crippen LogP) is 1.63. The molecule has 0 saturated heterocycles. The van der Waals surface area contributed by atoms with Crippen LogP contribution >= 0.6 is 15.9 Å². The topological polar surface area (TPSA) is 63.3 Å². The molecule has 1 amide bonds.